The topological polar surface area (TPSA) is 49.8 Å². The van der Waals surface area contributed by atoms with Crippen LogP contribution in [0.5, 0.6) is 0 Å². The molecule has 2 N–H and O–H groups in total. The quantitative estimate of drug-likeness (QED) is 0.892. The molecule has 2 aromatic rings. The molecule has 0 amide bonds. The molecule has 3 rings (SSSR count). The fourth-order valence-electron chi connectivity index (χ4n) is 2.63. The first-order valence-corrected chi connectivity index (χ1v) is 7.12. The molecule has 5 heteroatoms. The van der Waals surface area contributed by atoms with Crippen molar-refractivity contribution in [3.8, 4) is 0 Å². The number of aromatic nitrogens is 2. The Morgan fingerprint density at radius 3 is 2.89 bits per heavy atom. The standard InChI is InChI=1S/C13H16BrN3O/c14-10-1-2-11-12(7-10)17(13(18)16-11)8-9-3-5-15-6-4-9/h1-2,7,9,15H,3-6,8H2,(H,16,18). The van der Waals surface area contributed by atoms with Gasteiger partial charge in [0.15, 0.2) is 0 Å². The fraction of sp³-hybridized carbons (Fsp3) is 0.462. The van der Waals surface area contributed by atoms with Gasteiger partial charge in [0.2, 0.25) is 0 Å². The zero-order chi connectivity index (χ0) is 12.5. The number of aromatic amines is 1. The smallest absolute Gasteiger partial charge is 0.317 e. The zero-order valence-electron chi connectivity index (χ0n) is 10.1. The minimum absolute atomic E-state index is 0.00151. The molecule has 96 valence electrons. The predicted molar refractivity (Wildman–Crippen MR) is 75.9 cm³/mol. The monoisotopic (exact) mass is 309 g/mol. The van der Waals surface area contributed by atoms with Gasteiger partial charge in [-0.25, -0.2) is 4.79 Å². The van der Waals surface area contributed by atoms with Crippen LogP contribution in [0.3, 0.4) is 0 Å². The first-order valence-electron chi connectivity index (χ1n) is 6.33. The van der Waals surface area contributed by atoms with Gasteiger partial charge in [0.25, 0.3) is 0 Å². The van der Waals surface area contributed by atoms with Crippen molar-refractivity contribution in [2.45, 2.75) is 19.4 Å². The van der Waals surface area contributed by atoms with Crippen LogP contribution in [-0.2, 0) is 6.54 Å². The fourth-order valence-corrected chi connectivity index (χ4v) is 2.98. The summed E-state index contributed by atoms with van der Waals surface area (Å²) in [7, 11) is 0. The average Bonchev–Trinajstić information content (AvgIpc) is 2.67. The summed E-state index contributed by atoms with van der Waals surface area (Å²) < 4.78 is 2.88. The molecule has 18 heavy (non-hydrogen) atoms. The summed E-state index contributed by atoms with van der Waals surface area (Å²) >= 11 is 3.46. The van der Waals surface area contributed by atoms with E-state index in [1.807, 2.05) is 22.8 Å². The van der Waals surface area contributed by atoms with Crippen LogP contribution in [0.15, 0.2) is 27.5 Å². The molecule has 4 nitrogen and oxygen atoms in total. The maximum Gasteiger partial charge on any atom is 0.326 e. The Bertz CT molecular complexity index is 610. The van der Waals surface area contributed by atoms with Crippen molar-refractivity contribution in [1.82, 2.24) is 14.9 Å². The number of halogens is 1. The van der Waals surface area contributed by atoms with E-state index in [4.69, 9.17) is 0 Å². The number of rotatable bonds is 2. The molecule has 0 saturated carbocycles. The normalized spacial score (nSPS) is 17.4. The van der Waals surface area contributed by atoms with Crippen molar-refractivity contribution < 1.29 is 0 Å². The molecule has 2 heterocycles. The first-order chi connectivity index (χ1) is 8.74. The van der Waals surface area contributed by atoms with Crippen LogP contribution >= 0.6 is 15.9 Å². The average molecular weight is 310 g/mol. The summed E-state index contributed by atoms with van der Waals surface area (Å²) in [5.41, 5.74) is 1.91. The van der Waals surface area contributed by atoms with Crippen LogP contribution in [0.4, 0.5) is 0 Å². The highest BCUT2D eigenvalue weighted by Crippen LogP contribution is 2.20. The van der Waals surface area contributed by atoms with Gasteiger partial charge >= 0.3 is 5.69 Å². The van der Waals surface area contributed by atoms with E-state index < -0.39 is 0 Å². The van der Waals surface area contributed by atoms with Crippen molar-refractivity contribution in [2.75, 3.05) is 13.1 Å². The van der Waals surface area contributed by atoms with Gasteiger partial charge in [-0.05, 0) is 50.0 Å². The highest BCUT2D eigenvalue weighted by atomic mass is 79.9. The maximum atomic E-state index is 12.0. The summed E-state index contributed by atoms with van der Waals surface area (Å²) in [6.45, 7) is 2.94. The molecule has 0 radical (unpaired) electrons. The third kappa shape index (κ3) is 2.24. The Kier molecular flexibility index (Phi) is 3.26. The number of nitrogens with one attached hydrogen (secondary N) is 2. The minimum atomic E-state index is 0.00151. The molecular formula is C13H16BrN3O. The lowest BCUT2D eigenvalue weighted by Crippen LogP contribution is -2.31. The van der Waals surface area contributed by atoms with Gasteiger partial charge in [-0.1, -0.05) is 15.9 Å². The number of benzene rings is 1. The largest absolute Gasteiger partial charge is 0.326 e. The van der Waals surface area contributed by atoms with E-state index in [9.17, 15) is 4.79 Å². The number of hydrogen-bond acceptors (Lipinski definition) is 2. The Hall–Kier alpha value is -1.07. The van der Waals surface area contributed by atoms with E-state index >= 15 is 0 Å². The summed E-state index contributed by atoms with van der Waals surface area (Å²) in [6.07, 6.45) is 2.29. The van der Waals surface area contributed by atoms with E-state index in [1.54, 1.807) is 0 Å². The van der Waals surface area contributed by atoms with Crippen molar-refractivity contribution in [3.63, 3.8) is 0 Å². The zero-order valence-corrected chi connectivity index (χ0v) is 11.7. The minimum Gasteiger partial charge on any atom is -0.317 e. The van der Waals surface area contributed by atoms with Gasteiger partial charge in [-0.2, -0.15) is 0 Å². The van der Waals surface area contributed by atoms with Gasteiger partial charge < -0.3 is 10.3 Å². The summed E-state index contributed by atoms with van der Waals surface area (Å²) in [5, 5.41) is 3.35. The Morgan fingerprint density at radius 1 is 1.33 bits per heavy atom. The molecule has 1 aromatic carbocycles. The second-order valence-corrected chi connectivity index (χ2v) is 5.81. The molecule has 0 spiro atoms. The third-order valence-corrected chi connectivity index (χ3v) is 4.13. The molecule has 1 aromatic heterocycles. The third-order valence-electron chi connectivity index (χ3n) is 3.64. The lowest BCUT2D eigenvalue weighted by atomic mass is 9.98. The Balaban J connectivity index is 1.97. The molecule has 1 aliphatic heterocycles. The number of H-pyrrole nitrogens is 1. The van der Waals surface area contributed by atoms with Gasteiger partial charge in [-0.15, -0.1) is 0 Å². The molecule has 0 bridgehead atoms. The van der Waals surface area contributed by atoms with Crippen LogP contribution in [-0.4, -0.2) is 22.6 Å². The summed E-state index contributed by atoms with van der Waals surface area (Å²) in [6, 6.07) is 5.90. The highest BCUT2D eigenvalue weighted by molar-refractivity contribution is 9.10. The van der Waals surface area contributed by atoms with E-state index in [0.29, 0.717) is 5.92 Å². The SMILES string of the molecule is O=c1[nH]c2ccc(Br)cc2n1CC1CCNCC1. The lowest BCUT2D eigenvalue weighted by Gasteiger charge is -2.22. The maximum absolute atomic E-state index is 12.0. The number of hydrogen-bond donors (Lipinski definition) is 2. The highest BCUT2D eigenvalue weighted by Gasteiger charge is 2.16. The van der Waals surface area contributed by atoms with Crippen molar-refractivity contribution in [2.24, 2.45) is 5.92 Å². The summed E-state index contributed by atoms with van der Waals surface area (Å²) in [5.74, 6) is 0.599. The van der Waals surface area contributed by atoms with Crippen molar-refractivity contribution in [3.05, 3.63) is 33.2 Å². The van der Waals surface area contributed by atoms with Crippen LogP contribution in [0.25, 0.3) is 11.0 Å². The van der Waals surface area contributed by atoms with Crippen LogP contribution in [0, 0.1) is 5.92 Å². The van der Waals surface area contributed by atoms with Crippen LogP contribution in [0.2, 0.25) is 0 Å². The summed E-state index contributed by atoms with van der Waals surface area (Å²) in [4.78, 5) is 14.9. The number of imidazole rings is 1. The van der Waals surface area contributed by atoms with Crippen molar-refractivity contribution >= 4 is 27.0 Å². The van der Waals surface area contributed by atoms with E-state index in [-0.39, 0.29) is 5.69 Å². The Morgan fingerprint density at radius 2 is 2.11 bits per heavy atom. The van der Waals surface area contributed by atoms with E-state index in [0.717, 1.165) is 48.0 Å². The van der Waals surface area contributed by atoms with Crippen molar-refractivity contribution in [1.29, 1.82) is 0 Å². The molecule has 1 saturated heterocycles. The van der Waals surface area contributed by atoms with Gasteiger partial charge in [0.1, 0.15) is 0 Å². The Labute approximate surface area is 114 Å². The predicted octanol–water partition coefficient (Wildman–Crippen LogP) is 2.09. The van der Waals surface area contributed by atoms with E-state index in [1.165, 1.54) is 0 Å². The van der Waals surface area contributed by atoms with Gasteiger partial charge in [0, 0.05) is 11.0 Å². The molecule has 1 fully saturated rings. The number of nitrogens with zero attached hydrogens (tertiary/aromatic N) is 1. The molecule has 0 aliphatic carbocycles. The second kappa shape index (κ2) is 4.90. The second-order valence-electron chi connectivity index (χ2n) is 4.90. The molecule has 0 atom stereocenters. The number of fused-ring (bicyclic) bond motifs is 1. The lowest BCUT2D eigenvalue weighted by molar-refractivity contribution is 0.333. The molecular weight excluding hydrogens is 294 g/mol. The molecule has 1 aliphatic rings. The van der Waals surface area contributed by atoms with Gasteiger partial charge in [0.05, 0.1) is 11.0 Å². The van der Waals surface area contributed by atoms with Gasteiger partial charge in [-0.3, -0.25) is 4.57 Å². The molecule has 0 unspecified atom stereocenters. The number of piperidine rings is 1. The first kappa shape index (κ1) is 12.0. The van der Waals surface area contributed by atoms with Crippen LogP contribution in [0.1, 0.15) is 12.8 Å². The van der Waals surface area contributed by atoms with E-state index in [2.05, 4.69) is 26.2 Å². The van der Waals surface area contributed by atoms with Crippen LogP contribution < -0.4 is 11.0 Å².